The summed E-state index contributed by atoms with van der Waals surface area (Å²) in [6.45, 7) is 10.8. The lowest BCUT2D eigenvalue weighted by molar-refractivity contribution is 0.0947. The summed E-state index contributed by atoms with van der Waals surface area (Å²) in [5, 5.41) is 13.5. The number of aromatic nitrogens is 3. The molecule has 0 unspecified atom stereocenters. The van der Waals surface area contributed by atoms with Gasteiger partial charge in [-0.05, 0) is 61.2 Å². The molecular weight excluding hydrogens is 525 g/mol. The predicted molar refractivity (Wildman–Crippen MR) is 157 cm³/mol. The van der Waals surface area contributed by atoms with Crippen LogP contribution in [0.15, 0.2) is 48.9 Å². The monoisotopic (exact) mass is 559 g/mol. The van der Waals surface area contributed by atoms with Crippen molar-refractivity contribution in [2.45, 2.75) is 27.7 Å². The topological polar surface area (TPSA) is 113 Å². The minimum Gasteiger partial charge on any atom is -0.378 e. The molecule has 0 radical (unpaired) electrons. The van der Waals surface area contributed by atoms with Crippen molar-refractivity contribution in [3.63, 3.8) is 0 Å². The third-order valence-corrected chi connectivity index (χ3v) is 7.01. The van der Waals surface area contributed by atoms with Gasteiger partial charge in [0.1, 0.15) is 17.7 Å². The van der Waals surface area contributed by atoms with E-state index in [4.69, 9.17) is 4.74 Å². The van der Waals surface area contributed by atoms with Gasteiger partial charge in [0.15, 0.2) is 5.82 Å². The van der Waals surface area contributed by atoms with Gasteiger partial charge in [0, 0.05) is 48.5 Å². The van der Waals surface area contributed by atoms with Crippen molar-refractivity contribution in [3.05, 3.63) is 77.0 Å². The molecule has 0 bridgehead atoms. The van der Waals surface area contributed by atoms with Gasteiger partial charge in [-0.15, -0.1) is 0 Å². The van der Waals surface area contributed by atoms with Crippen LogP contribution in [0.25, 0.3) is 5.52 Å². The minimum atomic E-state index is -0.474. The van der Waals surface area contributed by atoms with Crippen molar-refractivity contribution in [1.82, 2.24) is 19.9 Å². The highest BCUT2D eigenvalue weighted by molar-refractivity contribution is 6.05. The second kappa shape index (κ2) is 11.9. The number of nitrogens with one attached hydrogen (secondary N) is 3. The summed E-state index contributed by atoms with van der Waals surface area (Å²) in [6, 6.07) is 9.81. The van der Waals surface area contributed by atoms with Crippen molar-refractivity contribution in [2.24, 2.45) is 5.92 Å². The maximum absolute atomic E-state index is 14.4. The van der Waals surface area contributed by atoms with Gasteiger partial charge < -0.3 is 25.6 Å². The van der Waals surface area contributed by atoms with Crippen LogP contribution in [0.2, 0.25) is 0 Å². The molecule has 0 saturated carbocycles. The number of morpholine rings is 1. The van der Waals surface area contributed by atoms with Gasteiger partial charge in [0.2, 0.25) is 0 Å². The van der Waals surface area contributed by atoms with Crippen LogP contribution in [0.5, 0.6) is 0 Å². The highest BCUT2D eigenvalue weighted by atomic mass is 19.1. The lowest BCUT2D eigenvalue weighted by Gasteiger charge is -2.29. The number of aryl methyl sites for hydroxylation is 2. The van der Waals surface area contributed by atoms with E-state index in [1.54, 1.807) is 28.9 Å². The second-order valence-corrected chi connectivity index (χ2v) is 10.6. The first-order valence-electron chi connectivity index (χ1n) is 13.6. The number of hydrogen-bond donors (Lipinski definition) is 3. The summed E-state index contributed by atoms with van der Waals surface area (Å²) >= 11 is 0. The maximum atomic E-state index is 14.4. The number of nitrogens with zero attached hydrogens (tertiary/aromatic N) is 4. The number of fused-ring (bicyclic) bond motifs is 1. The highest BCUT2D eigenvalue weighted by Crippen LogP contribution is 2.29. The molecule has 3 N–H and O–H groups in total. The number of anilines is 4. The van der Waals surface area contributed by atoms with E-state index in [1.807, 2.05) is 38.7 Å². The van der Waals surface area contributed by atoms with E-state index >= 15 is 0 Å². The molecule has 1 fully saturated rings. The van der Waals surface area contributed by atoms with Crippen LogP contribution >= 0.6 is 0 Å². The van der Waals surface area contributed by atoms with Crippen LogP contribution in [0.1, 0.15) is 45.7 Å². The number of halogens is 1. The largest absolute Gasteiger partial charge is 0.378 e. The Balaban J connectivity index is 1.37. The Bertz CT molecular complexity index is 1590. The quantitative estimate of drug-likeness (QED) is 0.287. The lowest BCUT2D eigenvalue weighted by Crippen LogP contribution is -2.36. The first-order chi connectivity index (χ1) is 19.7. The number of carbonyl (C=O) groups is 2. The number of carbonyl (C=O) groups excluding carboxylic acids is 2. The summed E-state index contributed by atoms with van der Waals surface area (Å²) in [7, 11) is 0. The van der Waals surface area contributed by atoms with Crippen LogP contribution in [0.3, 0.4) is 0 Å². The van der Waals surface area contributed by atoms with Crippen LogP contribution < -0.4 is 20.9 Å². The Hall–Kier alpha value is -4.51. The molecule has 214 valence electrons. The SMILES string of the molecule is Cc1ccc(NC(=O)c2cc(F)cc(N3CCOCC3)c2)cc1Nc1ncnn2cc(C(=O)NCC(C)C)c(C)c12. The van der Waals surface area contributed by atoms with Crippen LogP contribution in [0.4, 0.5) is 27.3 Å². The molecule has 1 aliphatic heterocycles. The van der Waals surface area contributed by atoms with Gasteiger partial charge in [-0.3, -0.25) is 9.59 Å². The van der Waals surface area contributed by atoms with E-state index in [9.17, 15) is 14.0 Å². The van der Waals surface area contributed by atoms with E-state index in [0.29, 0.717) is 72.7 Å². The molecule has 2 aromatic carbocycles. The highest BCUT2D eigenvalue weighted by Gasteiger charge is 2.19. The van der Waals surface area contributed by atoms with E-state index in [0.717, 1.165) is 11.1 Å². The molecule has 0 spiro atoms. The first kappa shape index (κ1) is 28.0. The second-order valence-electron chi connectivity index (χ2n) is 10.6. The number of hydrogen-bond acceptors (Lipinski definition) is 7. The Kier molecular flexibility index (Phi) is 8.16. The molecule has 41 heavy (non-hydrogen) atoms. The summed E-state index contributed by atoms with van der Waals surface area (Å²) in [5.41, 5.74) is 4.99. The molecule has 10 nitrogen and oxygen atoms in total. The number of rotatable bonds is 8. The smallest absolute Gasteiger partial charge is 0.255 e. The number of ether oxygens (including phenoxy) is 1. The molecule has 1 saturated heterocycles. The zero-order valence-electron chi connectivity index (χ0n) is 23.6. The number of amides is 2. The molecule has 1 aliphatic rings. The molecule has 5 rings (SSSR count). The minimum absolute atomic E-state index is 0.164. The Morgan fingerprint density at radius 3 is 2.61 bits per heavy atom. The van der Waals surface area contributed by atoms with E-state index in [1.165, 1.54) is 18.5 Å². The van der Waals surface area contributed by atoms with Crippen LogP contribution in [-0.2, 0) is 4.74 Å². The molecular formula is C30H34FN7O3. The normalized spacial score (nSPS) is 13.5. The zero-order valence-corrected chi connectivity index (χ0v) is 23.6. The zero-order chi connectivity index (χ0) is 29.1. The van der Waals surface area contributed by atoms with Gasteiger partial charge in [-0.2, -0.15) is 5.10 Å². The molecule has 2 amide bonds. The fraction of sp³-hybridized carbons (Fsp3) is 0.333. The summed E-state index contributed by atoms with van der Waals surface area (Å²) in [4.78, 5) is 32.4. The van der Waals surface area contributed by atoms with Crippen molar-refractivity contribution < 1.29 is 18.7 Å². The first-order valence-corrected chi connectivity index (χ1v) is 13.6. The fourth-order valence-corrected chi connectivity index (χ4v) is 4.75. The van der Waals surface area contributed by atoms with Gasteiger partial charge in [0.25, 0.3) is 11.8 Å². The standard InChI is InChI=1S/C30H34FN7O3/c1-18(2)15-32-30(40)25-16-38-27(20(25)4)28(33-17-34-38)36-26-14-23(6-5-19(26)3)35-29(39)21-11-22(31)13-24(12-21)37-7-9-41-10-8-37/h5-6,11-14,16-18H,7-10,15H2,1-4H3,(H,32,40)(H,35,39)(H,33,34,36). The van der Waals surface area contributed by atoms with E-state index in [-0.39, 0.29) is 11.5 Å². The molecule has 4 aromatic rings. The Morgan fingerprint density at radius 1 is 1.07 bits per heavy atom. The van der Waals surface area contributed by atoms with Gasteiger partial charge in [-0.1, -0.05) is 19.9 Å². The van der Waals surface area contributed by atoms with E-state index in [2.05, 4.69) is 26.0 Å². The van der Waals surface area contributed by atoms with Crippen LogP contribution in [0, 0.1) is 25.6 Å². The van der Waals surface area contributed by atoms with Gasteiger partial charge >= 0.3 is 0 Å². The van der Waals surface area contributed by atoms with Gasteiger partial charge in [-0.25, -0.2) is 13.9 Å². The Morgan fingerprint density at radius 2 is 1.85 bits per heavy atom. The maximum Gasteiger partial charge on any atom is 0.255 e. The van der Waals surface area contributed by atoms with Crippen molar-refractivity contribution in [3.8, 4) is 0 Å². The van der Waals surface area contributed by atoms with Crippen molar-refractivity contribution >= 4 is 40.2 Å². The van der Waals surface area contributed by atoms with Crippen molar-refractivity contribution in [1.29, 1.82) is 0 Å². The third kappa shape index (κ3) is 6.30. The molecule has 0 aliphatic carbocycles. The molecule has 2 aromatic heterocycles. The third-order valence-electron chi connectivity index (χ3n) is 7.01. The molecule has 3 heterocycles. The van der Waals surface area contributed by atoms with Gasteiger partial charge in [0.05, 0.1) is 18.8 Å². The Labute approximate surface area is 237 Å². The summed E-state index contributed by atoms with van der Waals surface area (Å²) in [5.74, 6) is -0.206. The van der Waals surface area contributed by atoms with Crippen LogP contribution in [-0.4, -0.2) is 59.3 Å². The number of benzene rings is 2. The average Bonchev–Trinajstić information content (AvgIpc) is 3.30. The van der Waals surface area contributed by atoms with Crippen molar-refractivity contribution in [2.75, 3.05) is 48.4 Å². The fourth-order valence-electron chi connectivity index (χ4n) is 4.75. The summed E-state index contributed by atoms with van der Waals surface area (Å²) in [6.07, 6.45) is 3.11. The van der Waals surface area contributed by atoms with E-state index < -0.39 is 11.7 Å². The molecule has 0 atom stereocenters. The predicted octanol–water partition coefficient (Wildman–Crippen LogP) is 4.70. The average molecular weight is 560 g/mol. The molecule has 11 heteroatoms. The lowest BCUT2D eigenvalue weighted by atomic mass is 10.1. The summed E-state index contributed by atoms with van der Waals surface area (Å²) < 4.78 is 21.5.